The molecule has 1 aromatic heterocycles. The minimum absolute atomic E-state index is 0.0472. The molecule has 0 bridgehead atoms. The first-order valence-electron chi connectivity index (χ1n) is 6.85. The van der Waals surface area contributed by atoms with Crippen molar-refractivity contribution in [1.29, 1.82) is 0 Å². The van der Waals surface area contributed by atoms with Crippen LogP contribution in [-0.4, -0.2) is 60.5 Å². The summed E-state index contributed by atoms with van der Waals surface area (Å²) < 4.78 is 0.819. The zero-order valence-electron chi connectivity index (χ0n) is 12.2. The second-order valence-corrected chi connectivity index (χ2v) is 6.18. The summed E-state index contributed by atoms with van der Waals surface area (Å²) in [5.41, 5.74) is 0.623. The SMILES string of the molecule is CNc1ncc(Br)cc1C(=O)N1CCCN(C)CC1C. The number of aromatic nitrogens is 1. The van der Waals surface area contributed by atoms with Crippen molar-refractivity contribution in [3.8, 4) is 0 Å². The minimum Gasteiger partial charge on any atom is -0.372 e. The summed E-state index contributed by atoms with van der Waals surface area (Å²) in [6, 6.07) is 2.04. The van der Waals surface area contributed by atoms with Crippen molar-refractivity contribution in [2.75, 3.05) is 39.0 Å². The zero-order valence-corrected chi connectivity index (χ0v) is 13.8. The molecule has 0 aliphatic carbocycles. The number of amides is 1. The highest BCUT2D eigenvalue weighted by Crippen LogP contribution is 2.21. The Morgan fingerprint density at radius 2 is 2.25 bits per heavy atom. The van der Waals surface area contributed by atoms with Gasteiger partial charge in [-0.05, 0) is 48.9 Å². The number of pyridine rings is 1. The summed E-state index contributed by atoms with van der Waals surface area (Å²) in [6.45, 7) is 4.83. The minimum atomic E-state index is 0.0472. The average molecular weight is 341 g/mol. The van der Waals surface area contributed by atoms with Crippen molar-refractivity contribution >= 4 is 27.7 Å². The van der Waals surface area contributed by atoms with Gasteiger partial charge in [-0.1, -0.05) is 0 Å². The van der Waals surface area contributed by atoms with Gasteiger partial charge in [-0.15, -0.1) is 0 Å². The third-order valence-corrected chi connectivity index (χ3v) is 4.06. The fourth-order valence-corrected chi connectivity index (χ4v) is 2.96. The smallest absolute Gasteiger partial charge is 0.257 e. The largest absolute Gasteiger partial charge is 0.372 e. The Hall–Kier alpha value is -1.14. The number of nitrogens with zero attached hydrogens (tertiary/aromatic N) is 3. The summed E-state index contributed by atoms with van der Waals surface area (Å²) in [7, 11) is 3.89. The van der Waals surface area contributed by atoms with E-state index in [9.17, 15) is 4.79 Å². The molecule has 1 aliphatic heterocycles. The van der Waals surface area contributed by atoms with Gasteiger partial charge in [-0.25, -0.2) is 4.98 Å². The van der Waals surface area contributed by atoms with Gasteiger partial charge in [0.25, 0.3) is 5.91 Å². The maximum Gasteiger partial charge on any atom is 0.257 e. The Morgan fingerprint density at radius 1 is 1.50 bits per heavy atom. The van der Waals surface area contributed by atoms with E-state index in [-0.39, 0.29) is 11.9 Å². The molecule has 1 aliphatic rings. The van der Waals surface area contributed by atoms with Crippen LogP contribution in [0, 0.1) is 0 Å². The van der Waals surface area contributed by atoms with Gasteiger partial charge in [0.05, 0.1) is 5.56 Å². The molecule has 0 saturated carbocycles. The van der Waals surface area contributed by atoms with Crippen molar-refractivity contribution in [2.24, 2.45) is 0 Å². The van der Waals surface area contributed by atoms with Crippen LogP contribution in [0.2, 0.25) is 0 Å². The van der Waals surface area contributed by atoms with E-state index in [4.69, 9.17) is 0 Å². The third kappa shape index (κ3) is 3.30. The van der Waals surface area contributed by atoms with E-state index < -0.39 is 0 Å². The van der Waals surface area contributed by atoms with E-state index in [2.05, 4.69) is 45.1 Å². The molecule has 1 amide bonds. The maximum absolute atomic E-state index is 12.8. The molecule has 0 spiro atoms. The molecule has 110 valence electrons. The number of rotatable bonds is 2. The number of hydrogen-bond donors (Lipinski definition) is 1. The predicted octanol–water partition coefficient (Wildman–Crippen LogP) is 2.05. The van der Waals surface area contributed by atoms with Crippen LogP contribution in [0.1, 0.15) is 23.7 Å². The maximum atomic E-state index is 12.8. The lowest BCUT2D eigenvalue weighted by molar-refractivity contribution is 0.0697. The van der Waals surface area contributed by atoms with E-state index in [1.807, 2.05) is 11.0 Å². The number of anilines is 1. The summed E-state index contributed by atoms with van der Waals surface area (Å²) >= 11 is 3.39. The van der Waals surface area contributed by atoms with Gasteiger partial charge in [0.2, 0.25) is 0 Å². The molecular formula is C14H21BrN4O. The van der Waals surface area contributed by atoms with Gasteiger partial charge in [0.15, 0.2) is 0 Å². The Labute approximate surface area is 128 Å². The monoisotopic (exact) mass is 340 g/mol. The normalized spacial score (nSPS) is 20.6. The third-order valence-electron chi connectivity index (χ3n) is 3.63. The van der Waals surface area contributed by atoms with Crippen LogP contribution in [0.4, 0.5) is 5.82 Å². The second-order valence-electron chi connectivity index (χ2n) is 5.26. The van der Waals surface area contributed by atoms with Crippen molar-refractivity contribution in [3.05, 3.63) is 22.3 Å². The lowest BCUT2D eigenvalue weighted by Gasteiger charge is -2.28. The molecule has 1 fully saturated rings. The molecule has 2 heterocycles. The van der Waals surface area contributed by atoms with E-state index >= 15 is 0 Å². The van der Waals surface area contributed by atoms with Crippen LogP contribution in [0.25, 0.3) is 0 Å². The van der Waals surface area contributed by atoms with Crippen LogP contribution in [-0.2, 0) is 0 Å². The molecule has 1 unspecified atom stereocenters. The Balaban J connectivity index is 2.28. The van der Waals surface area contributed by atoms with Crippen LogP contribution in [0.5, 0.6) is 0 Å². The summed E-state index contributed by atoms with van der Waals surface area (Å²) in [5.74, 6) is 0.675. The van der Waals surface area contributed by atoms with Crippen LogP contribution in [0.15, 0.2) is 16.7 Å². The number of hydrogen-bond acceptors (Lipinski definition) is 4. The first kappa shape index (κ1) is 15.3. The highest BCUT2D eigenvalue weighted by molar-refractivity contribution is 9.10. The molecule has 0 aromatic carbocycles. The van der Waals surface area contributed by atoms with Crippen molar-refractivity contribution < 1.29 is 4.79 Å². The molecule has 1 N–H and O–H groups in total. The molecule has 0 radical (unpaired) electrons. The first-order valence-corrected chi connectivity index (χ1v) is 7.65. The van der Waals surface area contributed by atoms with Crippen LogP contribution >= 0.6 is 15.9 Å². The molecular weight excluding hydrogens is 320 g/mol. The topological polar surface area (TPSA) is 48.5 Å². The van der Waals surface area contributed by atoms with E-state index in [1.165, 1.54) is 0 Å². The number of nitrogens with one attached hydrogen (secondary N) is 1. The standard InChI is InChI=1S/C14H21BrN4O/c1-10-9-18(3)5-4-6-19(10)14(20)12-7-11(15)8-17-13(12)16-2/h7-8,10H,4-6,9H2,1-3H3,(H,16,17). The molecule has 20 heavy (non-hydrogen) atoms. The Morgan fingerprint density at radius 3 is 2.95 bits per heavy atom. The lowest BCUT2D eigenvalue weighted by Crippen LogP contribution is -2.42. The Kier molecular flexibility index (Phi) is 4.99. The van der Waals surface area contributed by atoms with Crippen molar-refractivity contribution in [1.82, 2.24) is 14.8 Å². The number of halogens is 1. The predicted molar refractivity (Wildman–Crippen MR) is 84.1 cm³/mol. The molecule has 5 nitrogen and oxygen atoms in total. The number of carbonyl (C=O) groups is 1. The van der Waals surface area contributed by atoms with Gasteiger partial charge >= 0.3 is 0 Å². The quantitative estimate of drug-likeness (QED) is 0.895. The van der Waals surface area contributed by atoms with Gasteiger partial charge in [-0.2, -0.15) is 0 Å². The molecule has 1 saturated heterocycles. The number of likely N-dealkylation sites (N-methyl/N-ethyl adjacent to an activating group) is 1. The van der Waals surface area contributed by atoms with Crippen molar-refractivity contribution in [2.45, 2.75) is 19.4 Å². The number of carbonyl (C=O) groups excluding carboxylic acids is 1. The zero-order chi connectivity index (χ0) is 14.7. The van der Waals surface area contributed by atoms with Gasteiger partial charge in [-0.3, -0.25) is 4.79 Å². The fourth-order valence-electron chi connectivity index (χ4n) is 2.63. The molecule has 1 atom stereocenters. The van der Waals surface area contributed by atoms with Gasteiger partial charge in [0.1, 0.15) is 5.82 Å². The fraction of sp³-hybridized carbons (Fsp3) is 0.571. The summed E-state index contributed by atoms with van der Waals surface area (Å²) in [6.07, 6.45) is 2.70. The molecule has 1 aromatic rings. The molecule has 6 heteroatoms. The van der Waals surface area contributed by atoms with Crippen LogP contribution < -0.4 is 5.32 Å². The highest BCUT2D eigenvalue weighted by atomic mass is 79.9. The van der Waals surface area contributed by atoms with Gasteiger partial charge < -0.3 is 15.1 Å². The van der Waals surface area contributed by atoms with Gasteiger partial charge in [0, 0.05) is 36.8 Å². The first-order chi connectivity index (χ1) is 9.52. The summed E-state index contributed by atoms with van der Waals surface area (Å²) in [5, 5.41) is 2.99. The van der Waals surface area contributed by atoms with E-state index in [1.54, 1.807) is 13.2 Å². The van der Waals surface area contributed by atoms with Crippen molar-refractivity contribution in [3.63, 3.8) is 0 Å². The summed E-state index contributed by atoms with van der Waals surface area (Å²) in [4.78, 5) is 21.3. The Bertz CT molecular complexity index is 494. The van der Waals surface area contributed by atoms with E-state index in [0.717, 1.165) is 30.5 Å². The van der Waals surface area contributed by atoms with Crippen LogP contribution in [0.3, 0.4) is 0 Å². The highest BCUT2D eigenvalue weighted by Gasteiger charge is 2.26. The second kappa shape index (κ2) is 6.54. The van der Waals surface area contributed by atoms with E-state index in [0.29, 0.717) is 11.4 Å². The molecule has 2 rings (SSSR count). The average Bonchev–Trinajstić information content (AvgIpc) is 2.58. The lowest BCUT2D eigenvalue weighted by atomic mass is 10.2.